The molecule has 7 nitrogen and oxygen atoms in total. The van der Waals surface area contributed by atoms with E-state index in [1.165, 1.54) is 7.11 Å². The molecule has 0 aromatic carbocycles. The number of nitrogens with zero attached hydrogens (tertiary/aromatic N) is 5. The molecule has 0 amide bonds. The van der Waals surface area contributed by atoms with Crippen LogP contribution in [0.1, 0.15) is 5.82 Å². The van der Waals surface area contributed by atoms with Crippen LogP contribution in [0.3, 0.4) is 0 Å². The van der Waals surface area contributed by atoms with Crippen LogP contribution >= 0.6 is 0 Å². The van der Waals surface area contributed by atoms with E-state index in [1.807, 2.05) is 0 Å². The third-order valence-corrected chi connectivity index (χ3v) is 1.84. The van der Waals surface area contributed by atoms with Crippen LogP contribution in [0.5, 0.6) is 5.88 Å². The summed E-state index contributed by atoms with van der Waals surface area (Å²) in [5.41, 5.74) is 6.04. The molecule has 2 heterocycles. The van der Waals surface area contributed by atoms with Crippen molar-refractivity contribution in [2.24, 2.45) is 0 Å². The summed E-state index contributed by atoms with van der Waals surface area (Å²) in [5, 5.41) is 7.74. The summed E-state index contributed by atoms with van der Waals surface area (Å²) in [4.78, 5) is 12.0. The van der Waals surface area contributed by atoms with E-state index in [4.69, 9.17) is 10.5 Å². The second kappa shape index (κ2) is 4.05. The number of hydrogen-bond acceptors (Lipinski definition) is 7. The molecule has 0 spiro atoms. The Labute approximate surface area is 91.7 Å². The van der Waals surface area contributed by atoms with Gasteiger partial charge in [-0.15, -0.1) is 10.2 Å². The molecule has 0 unspecified atom stereocenters. The molecule has 0 radical (unpaired) electrons. The van der Waals surface area contributed by atoms with Gasteiger partial charge in [-0.2, -0.15) is 9.97 Å². The minimum atomic E-state index is 0.167. The topological polar surface area (TPSA) is 99.7 Å². The molecule has 2 aromatic heterocycles. The third kappa shape index (κ3) is 2.02. The van der Waals surface area contributed by atoms with Gasteiger partial charge in [-0.25, -0.2) is 4.98 Å². The Morgan fingerprint density at radius 1 is 1.12 bits per heavy atom. The fourth-order valence-corrected chi connectivity index (χ4v) is 1.17. The Morgan fingerprint density at radius 2 is 1.94 bits per heavy atom. The molecule has 0 aliphatic heterocycles. The number of aromatic nitrogens is 5. The number of ether oxygens (including phenoxy) is 1. The lowest BCUT2D eigenvalue weighted by Gasteiger charge is -2.01. The van der Waals surface area contributed by atoms with Crippen LogP contribution in [-0.2, 0) is 0 Å². The first-order chi connectivity index (χ1) is 7.69. The van der Waals surface area contributed by atoms with Gasteiger partial charge in [0.2, 0.25) is 11.8 Å². The second-order valence-corrected chi connectivity index (χ2v) is 3.03. The molecule has 0 atom stereocenters. The van der Waals surface area contributed by atoms with Crippen molar-refractivity contribution in [2.75, 3.05) is 12.8 Å². The fraction of sp³-hybridized carbons (Fsp3) is 0.222. The van der Waals surface area contributed by atoms with Gasteiger partial charge in [-0.3, -0.25) is 0 Å². The number of nitrogens with two attached hydrogens (primary N) is 1. The predicted molar refractivity (Wildman–Crippen MR) is 56.6 cm³/mol. The quantitative estimate of drug-likeness (QED) is 0.769. The summed E-state index contributed by atoms with van der Waals surface area (Å²) in [6.07, 6.45) is 0. The van der Waals surface area contributed by atoms with Crippen molar-refractivity contribution in [2.45, 2.75) is 6.92 Å². The number of aryl methyl sites for hydroxylation is 1. The molecule has 7 heteroatoms. The maximum atomic E-state index is 5.52. The van der Waals surface area contributed by atoms with Gasteiger partial charge >= 0.3 is 0 Å². The minimum absolute atomic E-state index is 0.167. The Hall–Kier alpha value is -2.31. The predicted octanol–water partition coefficient (Wildman–Crippen LogP) is 0.228. The molecule has 0 bridgehead atoms. The van der Waals surface area contributed by atoms with Crippen molar-refractivity contribution in [1.29, 1.82) is 0 Å². The van der Waals surface area contributed by atoms with Crippen molar-refractivity contribution in [1.82, 2.24) is 25.1 Å². The first-order valence-electron chi connectivity index (χ1n) is 4.55. The molecule has 0 fully saturated rings. The Balaban J connectivity index is 2.42. The highest BCUT2D eigenvalue weighted by Gasteiger charge is 2.06. The lowest BCUT2D eigenvalue weighted by atomic mass is 10.3. The van der Waals surface area contributed by atoms with Crippen LogP contribution in [-0.4, -0.2) is 32.3 Å². The van der Waals surface area contributed by atoms with Gasteiger partial charge in [0.25, 0.3) is 0 Å². The molecule has 2 aromatic rings. The summed E-state index contributed by atoms with van der Waals surface area (Å²) >= 11 is 0. The normalized spacial score (nSPS) is 10.1. The zero-order chi connectivity index (χ0) is 11.5. The zero-order valence-corrected chi connectivity index (χ0v) is 8.88. The van der Waals surface area contributed by atoms with Gasteiger partial charge in [-0.1, -0.05) is 0 Å². The molecule has 0 saturated carbocycles. The number of nitrogen functional groups attached to an aromatic ring is 1. The largest absolute Gasteiger partial charge is 0.480 e. The van der Waals surface area contributed by atoms with Gasteiger partial charge in [-0.05, 0) is 13.0 Å². The van der Waals surface area contributed by atoms with Crippen LogP contribution < -0.4 is 10.5 Å². The van der Waals surface area contributed by atoms with Crippen molar-refractivity contribution < 1.29 is 4.74 Å². The summed E-state index contributed by atoms with van der Waals surface area (Å²) in [5.74, 6) is 1.54. The van der Waals surface area contributed by atoms with E-state index in [-0.39, 0.29) is 5.95 Å². The number of hydrogen-bond donors (Lipinski definition) is 1. The Kier molecular flexibility index (Phi) is 2.59. The van der Waals surface area contributed by atoms with Crippen LogP contribution in [0.15, 0.2) is 12.1 Å². The lowest BCUT2D eigenvalue weighted by Crippen LogP contribution is -2.03. The molecule has 2 N–H and O–H groups in total. The summed E-state index contributed by atoms with van der Waals surface area (Å²) < 4.78 is 4.90. The van der Waals surface area contributed by atoms with E-state index in [2.05, 4.69) is 25.1 Å². The highest BCUT2D eigenvalue weighted by Crippen LogP contribution is 2.13. The molecule has 16 heavy (non-hydrogen) atoms. The van der Waals surface area contributed by atoms with Crippen LogP contribution in [0, 0.1) is 6.92 Å². The van der Waals surface area contributed by atoms with Gasteiger partial charge < -0.3 is 10.5 Å². The Bertz CT molecular complexity index is 478. The smallest absolute Gasteiger partial charge is 0.233 e. The molecule has 2 rings (SSSR count). The van der Waals surface area contributed by atoms with E-state index in [0.717, 1.165) is 0 Å². The summed E-state index contributed by atoms with van der Waals surface area (Å²) in [6.45, 7) is 1.73. The maximum absolute atomic E-state index is 5.52. The van der Waals surface area contributed by atoms with E-state index in [1.54, 1.807) is 19.1 Å². The minimum Gasteiger partial charge on any atom is -0.480 e. The average Bonchev–Trinajstić information content (AvgIpc) is 2.28. The molecule has 0 saturated heterocycles. The van der Waals surface area contributed by atoms with Crippen LogP contribution in [0.2, 0.25) is 0 Å². The van der Waals surface area contributed by atoms with Crippen molar-refractivity contribution in [3.8, 4) is 17.4 Å². The molecular formula is C9H10N6O. The molecule has 0 aliphatic rings. The zero-order valence-electron chi connectivity index (χ0n) is 8.88. The molecule has 82 valence electrons. The SMILES string of the molecule is COc1ccc(-c2nc(C)nc(N)n2)nn1. The lowest BCUT2D eigenvalue weighted by molar-refractivity contribution is 0.392. The van der Waals surface area contributed by atoms with Crippen molar-refractivity contribution >= 4 is 5.95 Å². The van der Waals surface area contributed by atoms with E-state index >= 15 is 0 Å². The summed E-state index contributed by atoms with van der Waals surface area (Å²) in [6, 6.07) is 3.39. The first-order valence-corrected chi connectivity index (χ1v) is 4.55. The summed E-state index contributed by atoms with van der Waals surface area (Å²) in [7, 11) is 1.52. The van der Waals surface area contributed by atoms with Crippen molar-refractivity contribution in [3.05, 3.63) is 18.0 Å². The second-order valence-electron chi connectivity index (χ2n) is 3.03. The Morgan fingerprint density at radius 3 is 2.50 bits per heavy atom. The van der Waals surface area contributed by atoms with Crippen LogP contribution in [0.4, 0.5) is 5.95 Å². The molecule has 0 aliphatic carbocycles. The molecular weight excluding hydrogens is 208 g/mol. The third-order valence-electron chi connectivity index (χ3n) is 1.84. The van der Waals surface area contributed by atoms with Crippen molar-refractivity contribution in [3.63, 3.8) is 0 Å². The fourth-order valence-electron chi connectivity index (χ4n) is 1.17. The van der Waals surface area contributed by atoms with Gasteiger partial charge in [0, 0.05) is 6.07 Å². The number of methoxy groups -OCH3 is 1. The van der Waals surface area contributed by atoms with Crippen LogP contribution in [0.25, 0.3) is 11.5 Å². The van der Waals surface area contributed by atoms with E-state index in [9.17, 15) is 0 Å². The highest BCUT2D eigenvalue weighted by atomic mass is 16.5. The monoisotopic (exact) mass is 218 g/mol. The van der Waals surface area contributed by atoms with E-state index < -0.39 is 0 Å². The standard InChI is InChI=1S/C9H10N6O/c1-5-11-8(13-9(10)12-5)6-3-4-7(16-2)15-14-6/h3-4H,1-2H3,(H2,10,11,12,13). The van der Waals surface area contributed by atoms with Gasteiger partial charge in [0.1, 0.15) is 11.5 Å². The number of anilines is 1. The maximum Gasteiger partial charge on any atom is 0.233 e. The highest BCUT2D eigenvalue weighted by molar-refractivity contribution is 5.49. The number of rotatable bonds is 2. The van der Waals surface area contributed by atoms with Gasteiger partial charge in [0.15, 0.2) is 5.82 Å². The van der Waals surface area contributed by atoms with E-state index in [0.29, 0.717) is 23.2 Å². The van der Waals surface area contributed by atoms with Gasteiger partial charge in [0.05, 0.1) is 7.11 Å². The first kappa shape index (κ1) is 10.2. The average molecular weight is 218 g/mol.